The van der Waals surface area contributed by atoms with Gasteiger partial charge in [-0.1, -0.05) is 35.5 Å². The van der Waals surface area contributed by atoms with Gasteiger partial charge in [-0.2, -0.15) is 5.10 Å². The SMILES string of the molecule is Cc1nn(C(C)(C)C)c(OC(=O)Cc2ccc(F)cc2)c1Sc1ccc(Cl)cc1. The summed E-state index contributed by atoms with van der Waals surface area (Å²) in [6, 6.07) is 13.2. The van der Waals surface area contributed by atoms with Gasteiger partial charge in [0.25, 0.3) is 0 Å². The monoisotopic (exact) mass is 432 g/mol. The molecule has 0 aliphatic carbocycles. The predicted octanol–water partition coefficient (Wildman–Crippen LogP) is 6.04. The summed E-state index contributed by atoms with van der Waals surface area (Å²) in [5.74, 6) is -0.368. The number of carbonyl (C=O) groups excluding carboxylic acids is 1. The van der Waals surface area contributed by atoms with E-state index < -0.39 is 5.97 Å². The van der Waals surface area contributed by atoms with E-state index in [-0.39, 0.29) is 17.8 Å². The lowest BCUT2D eigenvalue weighted by atomic mass is 10.1. The summed E-state index contributed by atoms with van der Waals surface area (Å²) in [4.78, 5) is 14.4. The van der Waals surface area contributed by atoms with Gasteiger partial charge in [-0.3, -0.25) is 4.79 Å². The first-order chi connectivity index (χ1) is 13.6. The number of rotatable bonds is 5. The van der Waals surface area contributed by atoms with Crippen molar-refractivity contribution in [1.82, 2.24) is 9.78 Å². The Kier molecular flexibility index (Phi) is 6.34. The molecule has 1 heterocycles. The summed E-state index contributed by atoms with van der Waals surface area (Å²) >= 11 is 7.45. The van der Waals surface area contributed by atoms with Crippen LogP contribution in [0.15, 0.2) is 58.3 Å². The van der Waals surface area contributed by atoms with E-state index in [0.717, 1.165) is 15.5 Å². The summed E-state index contributed by atoms with van der Waals surface area (Å²) in [5, 5.41) is 5.27. The maximum Gasteiger partial charge on any atom is 0.317 e. The number of benzene rings is 2. The van der Waals surface area contributed by atoms with E-state index in [1.807, 2.05) is 52.0 Å². The Morgan fingerprint density at radius 1 is 1.14 bits per heavy atom. The highest BCUT2D eigenvalue weighted by molar-refractivity contribution is 7.99. The fraction of sp³-hybridized carbons (Fsp3) is 0.273. The minimum atomic E-state index is -0.431. The number of carbonyl (C=O) groups is 1. The van der Waals surface area contributed by atoms with Crippen molar-refractivity contribution in [3.05, 3.63) is 70.6 Å². The zero-order valence-electron chi connectivity index (χ0n) is 16.7. The van der Waals surface area contributed by atoms with Gasteiger partial charge in [-0.15, -0.1) is 0 Å². The number of aryl methyl sites for hydroxylation is 1. The highest BCUT2D eigenvalue weighted by Gasteiger charge is 2.27. The fourth-order valence-corrected chi connectivity index (χ4v) is 3.72. The highest BCUT2D eigenvalue weighted by atomic mass is 35.5. The van der Waals surface area contributed by atoms with Crippen molar-refractivity contribution in [2.45, 2.75) is 49.4 Å². The molecule has 152 valence electrons. The molecule has 0 amide bonds. The molecular weight excluding hydrogens is 411 g/mol. The fourth-order valence-electron chi connectivity index (χ4n) is 2.69. The Bertz CT molecular complexity index is 1010. The van der Waals surface area contributed by atoms with Gasteiger partial charge in [-0.05, 0) is 69.7 Å². The van der Waals surface area contributed by atoms with Crippen LogP contribution in [0.4, 0.5) is 4.39 Å². The molecule has 0 aliphatic rings. The highest BCUT2D eigenvalue weighted by Crippen LogP contribution is 2.40. The summed E-state index contributed by atoms with van der Waals surface area (Å²) < 4.78 is 20.6. The number of hydrogen-bond donors (Lipinski definition) is 0. The van der Waals surface area contributed by atoms with Crippen LogP contribution in [0.5, 0.6) is 5.88 Å². The summed E-state index contributed by atoms with van der Waals surface area (Å²) in [5.41, 5.74) is 1.07. The van der Waals surface area contributed by atoms with E-state index in [0.29, 0.717) is 16.5 Å². The summed E-state index contributed by atoms with van der Waals surface area (Å²) in [6.07, 6.45) is 0.0414. The Morgan fingerprint density at radius 3 is 2.34 bits per heavy atom. The Morgan fingerprint density at radius 2 is 1.76 bits per heavy atom. The molecule has 3 rings (SSSR count). The van der Waals surface area contributed by atoms with E-state index in [1.54, 1.807) is 16.8 Å². The number of esters is 1. The summed E-state index contributed by atoms with van der Waals surface area (Å²) in [7, 11) is 0. The molecule has 1 aromatic heterocycles. The third kappa shape index (κ3) is 5.40. The van der Waals surface area contributed by atoms with Crippen LogP contribution in [0, 0.1) is 12.7 Å². The standard InChI is InChI=1S/C22H22ClFN2O2S/c1-14-20(29-18-11-7-16(23)8-12-18)21(26(25-14)22(2,3)4)28-19(27)13-15-5-9-17(24)10-6-15/h5-12H,13H2,1-4H3. The van der Waals surface area contributed by atoms with Crippen LogP contribution in [0.25, 0.3) is 0 Å². The average Bonchev–Trinajstić information content (AvgIpc) is 2.95. The number of halogens is 2. The number of ether oxygens (including phenoxy) is 1. The van der Waals surface area contributed by atoms with Gasteiger partial charge < -0.3 is 4.74 Å². The normalized spacial score (nSPS) is 11.5. The lowest BCUT2D eigenvalue weighted by molar-refractivity contribution is -0.134. The molecule has 7 heteroatoms. The van der Waals surface area contributed by atoms with E-state index in [4.69, 9.17) is 16.3 Å². The smallest absolute Gasteiger partial charge is 0.317 e. The third-order valence-corrected chi connectivity index (χ3v) is 5.54. The number of hydrogen-bond acceptors (Lipinski definition) is 4. The molecule has 0 bridgehead atoms. The molecule has 0 aliphatic heterocycles. The van der Waals surface area contributed by atoms with Gasteiger partial charge in [0.05, 0.1) is 22.5 Å². The first kappa shape index (κ1) is 21.4. The first-order valence-corrected chi connectivity index (χ1v) is 10.3. The van der Waals surface area contributed by atoms with Crippen LogP contribution in [0.1, 0.15) is 32.0 Å². The molecule has 0 fully saturated rings. The molecule has 4 nitrogen and oxygen atoms in total. The number of nitrogens with zero attached hydrogens (tertiary/aromatic N) is 2. The van der Waals surface area contributed by atoms with Gasteiger partial charge in [0.15, 0.2) is 0 Å². The molecule has 0 unspecified atom stereocenters. The van der Waals surface area contributed by atoms with Gasteiger partial charge in [0.1, 0.15) is 5.82 Å². The minimum Gasteiger partial charge on any atom is -0.406 e. The van der Waals surface area contributed by atoms with Crippen molar-refractivity contribution in [3.63, 3.8) is 0 Å². The van der Waals surface area contributed by atoms with Crippen molar-refractivity contribution in [1.29, 1.82) is 0 Å². The topological polar surface area (TPSA) is 44.1 Å². The molecule has 0 spiro atoms. The lowest BCUT2D eigenvalue weighted by Crippen LogP contribution is -2.26. The molecular formula is C22H22ClFN2O2S. The van der Waals surface area contributed by atoms with Crippen LogP contribution in [-0.4, -0.2) is 15.7 Å². The van der Waals surface area contributed by atoms with Gasteiger partial charge >= 0.3 is 5.97 Å². The van der Waals surface area contributed by atoms with Crippen LogP contribution in [-0.2, 0) is 16.8 Å². The van der Waals surface area contributed by atoms with Crippen LogP contribution >= 0.6 is 23.4 Å². The molecule has 0 radical (unpaired) electrons. The average molecular weight is 433 g/mol. The minimum absolute atomic E-state index is 0.0414. The van der Waals surface area contributed by atoms with E-state index >= 15 is 0 Å². The van der Waals surface area contributed by atoms with E-state index in [2.05, 4.69) is 5.10 Å². The number of aromatic nitrogens is 2. The molecule has 3 aromatic rings. The summed E-state index contributed by atoms with van der Waals surface area (Å²) in [6.45, 7) is 7.87. The predicted molar refractivity (Wildman–Crippen MR) is 113 cm³/mol. The molecule has 0 saturated heterocycles. The second-order valence-corrected chi connectivity index (χ2v) is 9.16. The van der Waals surface area contributed by atoms with E-state index in [9.17, 15) is 9.18 Å². The van der Waals surface area contributed by atoms with Crippen molar-refractivity contribution in [3.8, 4) is 5.88 Å². The molecule has 0 atom stereocenters. The molecule has 0 saturated carbocycles. The van der Waals surface area contributed by atoms with Crippen molar-refractivity contribution in [2.24, 2.45) is 0 Å². The molecule has 2 aromatic carbocycles. The van der Waals surface area contributed by atoms with Crippen LogP contribution in [0.3, 0.4) is 0 Å². The Balaban J connectivity index is 1.90. The van der Waals surface area contributed by atoms with E-state index in [1.165, 1.54) is 23.9 Å². The quantitative estimate of drug-likeness (QED) is 0.461. The molecule has 0 N–H and O–H groups in total. The molecule has 29 heavy (non-hydrogen) atoms. The largest absolute Gasteiger partial charge is 0.406 e. The first-order valence-electron chi connectivity index (χ1n) is 9.12. The van der Waals surface area contributed by atoms with Gasteiger partial charge in [0, 0.05) is 9.92 Å². The second kappa shape index (κ2) is 8.59. The lowest BCUT2D eigenvalue weighted by Gasteiger charge is -2.22. The van der Waals surface area contributed by atoms with Crippen LogP contribution < -0.4 is 4.74 Å². The maximum atomic E-state index is 13.1. The second-order valence-electron chi connectivity index (χ2n) is 7.64. The van der Waals surface area contributed by atoms with Crippen LogP contribution in [0.2, 0.25) is 5.02 Å². The van der Waals surface area contributed by atoms with Gasteiger partial charge in [0.2, 0.25) is 5.88 Å². The Hall–Kier alpha value is -2.31. The third-order valence-electron chi connectivity index (χ3n) is 4.11. The zero-order valence-corrected chi connectivity index (χ0v) is 18.3. The zero-order chi connectivity index (χ0) is 21.2. The van der Waals surface area contributed by atoms with Crippen molar-refractivity contribution in [2.75, 3.05) is 0 Å². The van der Waals surface area contributed by atoms with Crippen molar-refractivity contribution < 1.29 is 13.9 Å². The van der Waals surface area contributed by atoms with Crippen molar-refractivity contribution >= 4 is 29.3 Å². The Labute approximate surface area is 179 Å². The van der Waals surface area contributed by atoms with Gasteiger partial charge in [-0.25, -0.2) is 9.07 Å². The maximum absolute atomic E-state index is 13.1.